The van der Waals surface area contributed by atoms with Crippen molar-refractivity contribution >= 4 is 23.2 Å². The molecule has 110 valence electrons. The molecule has 0 bridgehead atoms. The standard InChI is InChI=1S/C17H18Cl2N2/c1-21-11-10-20-12-17(21,13-2-6-15(18)7-3-13)14-4-8-16(19)9-5-14/h2-9,20H,10-12H2,1H3. The highest BCUT2D eigenvalue weighted by atomic mass is 35.5. The molecule has 0 radical (unpaired) electrons. The van der Waals surface area contributed by atoms with Crippen LogP contribution in [0.4, 0.5) is 0 Å². The topological polar surface area (TPSA) is 15.3 Å². The van der Waals surface area contributed by atoms with Gasteiger partial charge in [0.05, 0.1) is 5.54 Å². The van der Waals surface area contributed by atoms with Crippen LogP contribution in [0.1, 0.15) is 11.1 Å². The van der Waals surface area contributed by atoms with Gasteiger partial charge in [-0.15, -0.1) is 0 Å². The van der Waals surface area contributed by atoms with Gasteiger partial charge in [0.15, 0.2) is 0 Å². The van der Waals surface area contributed by atoms with Crippen LogP contribution in [0.25, 0.3) is 0 Å². The van der Waals surface area contributed by atoms with Crippen molar-refractivity contribution < 1.29 is 0 Å². The molecule has 4 heteroatoms. The highest BCUT2D eigenvalue weighted by molar-refractivity contribution is 6.30. The fourth-order valence-corrected chi connectivity index (χ4v) is 3.36. The van der Waals surface area contributed by atoms with Crippen LogP contribution in [-0.4, -0.2) is 31.6 Å². The van der Waals surface area contributed by atoms with Gasteiger partial charge in [-0.3, -0.25) is 4.90 Å². The fourth-order valence-electron chi connectivity index (χ4n) is 3.10. The maximum atomic E-state index is 6.05. The van der Waals surface area contributed by atoms with Crippen LogP contribution >= 0.6 is 23.2 Å². The van der Waals surface area contributed by atoms with Gasteiger partial charge < -0.3 is 5.32 Å². The first-order chi connectivity index (χ1) is 10.1. The first kappa shape index (κ1) is 14.9. The predicted molar refractivity (Wildman–Crippen MR) is 89.2 cm³/mol. The molecule has 1 N–H and O–H groups in total. The molecule has 1 aliphatic heterocycles. The Morgan fingerprint density at radius 3 is 1.81 bits per heavy atom. The largest absolute Gasteiger partial charge is 0.313 e. The number of hydrogen-bond donors (Lipinski definition) is 1. The van der Waals surface area contributed by atoms with Crippen molar-refractivity contribution in [1.29, 1.82) is 0 Å². The Kier molecular flexibility index (Phi) is 4.23. The number of benzene rings is 2. The van der Waals surface area contributed by atoms with Crippen molar-refractivity contribution in [3.8, 4) is 0 Å². The van der Waals surface area contributed by atoms with E-state index >= 15 is 0 Å². The van der Waals surface area contributed by atoms with E-state index in [-0.39, 0.29) is 5.54 Å². The molecule has 3 rings (SSSR count). The second-order valence-electron chi connectivity index (χ2n) is 5.47. The van der Waals surface area contributed by atoms with Crippen molar-refractivity contribution in [2.75, 3.05) is 26.7 Å². The molecule has 2 aromatic carbocycles. The first-order valence-corrected chi connectivity index (χ1v) is 7.82. The second kappa shape index (κ2) is 5.98. The van der Waals surface area contributed by atoms with Crippen molar-refractivity contribution in [3.63, 3.8) is 0 Å². The van der Waals surface area contributed by atoms with Crippen LogP contribution in [0, 0.1) is 0 Å². The summed E-state index contributed by atoms with van der Waals surface area (Å²) < 4.78 is 0. The monoisotopic (exact) mass is 320 g/mol. The Bertz CT molecular complexity index is 562. The minimum atomic E-state index is -0.187. The molecule has 0 aliphatic carbocycles. The molecule has 1 fully saturated rings. The predicted octanol–water partition coefficient (Wildman–Crippen LogP) is 3.77. The van der Waals surface area contributed by atoms with Crippen LogP contribution in [0.5, 0.6) is 0 Å². The molecular formula is C17H18Cl2N2. The number of hydrogen-bond acceptors (Lipinski definition) is 2. The quantitative estimate of drug-likeness (QED) is 0.906. The van der Waals surface area contributed by atoms with E-state index < -0.39 is 0 Å². The molecule has 1 heterocycles. The Labute approximate surface area is 135 Å². The molecule has 0 saturated carbocycles. The number of nitrogens with one attached hydrogen (secondary N) is 1. The highest BCUT2D eigenvalue weighted by Gasteiger charge is 2.40. The fraction of sp³-hybridized carbons (Fsp3) is 0.294. The number of likely N-dealkylation sites (N-methyl/N-ethyl adjacent to an activating group) is 1. The summed E-state index contributed by atoms with van der Waals surface area (Å²) >= 11 is 12.1. The summed E-state index contributed by atoms with van der Waals surface area (Å²) in [7, 11) is 2.17. The van der Waals surface area contributed by atoms with Crippen LogP contribution < -0.4 is 5.32 Å². The molecule has 21 heavy (non-hydrogen) atoms. The van der Waals surface area contributed by atoms with E-state index in [0.29, 0.717) is 0 Å². The van der Waals surface area contributed by atoms with Gasteiger partial charge in [-0.25, -0.2) is 0 Å². The van der Waals surface area contributed by atoms with E-state index in [1.165, 1.54) is 11.1 Å². The lowest BCUT2D eigenvalue weighted by Crippen LogP contribution is -2.58. The molecular weight excluding hydrogens is 303 g/mol. The first-order valence-electron chi connectivity index (χ1n) is 7.07. The van der Waals surface area contributed by atoms with E-state index in [1.807, 2.05) is 24.3 Å². The molecule has 0 unspecified atom stereocenters. The van der Waals surface area contributed by atoms with Crippen molar-refractivity contribution in [2.24, 2.45) is 0 Å². The van der Waals surface area contributed by atoms with Crippen LogP contribution in [0.15, 0.2) is 48.5 Å². The van der Waals surface area contributed by atoms with E-state index in [1.54, 1.807) is 0 Å². The third kappa shape index (κ3) is 2.69. The Balaban J connectivity index is 2.14. The van der Waals surface area contributed by atoms with E-state index in [4.69, 9.17) is 23.2 Å². The summed E-state index contributed by atoms with van der Waals surface area (Å²) in [5, 5.41) is 5.05. The van der Waals surface area contributed by atoms with Crippen molar-refractivity contribution in [3.05, 3.63) is 69.7 Å². The van der Waals surface area contributed by atoms with Gasteiger partial charge in [0, 0.05) is 29.7 Å². The van der Waals surface area contributed by atoms with Crippen LogP contribution in [-0.2, 0) is 5.54 Å². The zero-order valence-corrected chi connectivity index (χ0v) is 13.5. The third-order valence-electron chi connectivity index (χ3n) is 4.30. The number of piperazine rings is 1. The van der Waals surface area contributed by atoms with E-state index in [9.17, 15) is 0 Å². The lowest BCUT2D eigenvalue weighted by atomic mass is 9.80. The smallest absolute Gasteiger partial charge is 0.0840 e. The van der Waals surface area contributed by atoms with Gasteiger partial charge in [-0.1, -0.05) is 47.5 Å². The van der Waals surface area contributed by atoms with Gasteiger partial charge in [0.2, 0.25) is 0 Å². The molecule has 1 aliphatic rings. The number of rotatable bonds is 2. The molecule has 2 aromatic rings. The molecule has 1 saturated heterocycles. The zero-order valence-electron chi connectivity index (χ0n) is 11.9. The van der Waals surface area contributed by atoms with Gasteiger partial charge >= 0.3 is 0 Å². The Morgan fingerprint density at radius 1 is 0.905 bits per heavy atom. The summed E-state index contributed by atoms with van der Waals surface area (Å²) in [6.45, 7) is 2.86. The average molecular weight is 321 g/mol. The normalized spacial score (nSPS) is 18.6. The van der Waals surface area contributed by atoms with E-state index in [0.717, 1.165) is 29.7 Å². The SMILES string of the molecule is CN1CCNCC1(c1ccc(Cl)cc1)c1ccc(Cl)cc1. The molecule has 0 spiro atoms. The summed E-state index contributed by atoms with van der Waals surface area (Å²) in [6.07, 6.45) is 0. The molecule has 0 amide bonds. The maximum absolute atomic E-state index is 6.05. The summed E-state index contributed by atoms with van der Waals surface area (Å²) in [5.74, 6) is 0. The lowest BCUT2D eigenvalue weighted by Gasteiger charge is -2.46. The molecule has 0 aromatic heterocycles. The van der Waals surface area contributed by atoms with Gasteiger partial charge in [0.25, 0.3) is 0 Å². The van der Waals surface area contributed by atoms with E-state index in [2.05, 4.69) is 41.5 Å². The van der Waals surface area contributed by atoms with Crippen molar-refractivity contribution in [1.82, 2.24) is 10.2 Å². The highest BCUT2D eigenvalue weighted by Crippen LogP contribution is 2.37. The molecule has 2 nitrogen and oxygen atoms in total. The zero-order chi connectivity index (χ0) is 14.9. The van der Waals surface area contributed by atoms with Crippen molar-refractivity contribution in [2.45, 2.75) is 5.54 Å². The number of nitrogens with zero attached hydrogens (tertiary/aromatic N) is 1. The number of halogens is 2. The third-order valence-corrected chi connectivity index (χ3v) is 4.80. The van der Waals surface area contributed by atoms with Gasteiger partial charge in [-0.2, -0.15) is 0 Å². The molecule has 0 atom stereocenters. The average Bonchev–Trinajstić information content (AvgIpc) is 2.50. The Morgan fingerprint density at radius 2 is 1.38 bits per heavy atom. The Hall–Kier alpha value is -1.06. The van der Waals surface area contributed by atoms with Crippen LogP contribution in [0.2, 0.25) is 10.0 Å². The minimum Gasteiger partial charge on any atom is -0.313 e. The summed E-state index contributed by atoms with van der Waals surface area (Å²) in [6, 6.07) is 16.3. The van der Waals surface area contributed by atoms with Crippen LogP contribution in [0.3, 0.4) is 0 Å². The van der Waals surface area contributed by atoms with Gasteiger partial charge in [0.1, 0.15) is 0 Å². The maximum Gasteiger partial charge on any atom is 0.0840 e. The van der Waals surface area contributed by atoms with Gasteiger partial charge in [-0.05, 0) is 42.4 Å². The summed E-state index contributed by atoms with van der Waals surface area (Å²) in [5.41, 5.74) is 2.29. The second-order valence-corrected chi connectivity index (χ2v) is 6.35. The summed E-state index contributed by atoms with van der Waals surface area (Å²) in [4.78, 5) is 2.40. The minimum absolute atomic E-state index is 0.187. The lowest BCUT2D eigenvalue weighted by molar-refractivity contribution is 0.124.